The van der Waals surface area contributed by atoms with Crippen molar-refractivity contribution in [1.82, 2.24) is 0 Å². The molecule has 0 amide bonds. The highest BCUT2D eigenvalue weighted by Crippen LogP contribution is 2.33. The number of hydrogen-bond donors (Lipinski definition) is 0. The molecule has 2 nitrogen and oxygen atoms in total. The second kappa shape index (κ2) is 6.31. The number of thiocarbonyl (C=S) groups is 1. The van der Waals surface area contributed by atoms with E-state index in [0.717, 1.165) is 39.4 Å². The first kappa shape index (κ1) is 13.5. The van der Waals surface area contributed by atoms with Crippen LogP contribution in [0.5, 0.6) is 0 Å². The fourth-order valence-electron chi connectivity index (χ4n) is 1.76. The molecule has 2 rings (SSSR count). The molecule has 2 fully saturated rings. The molecule has 7 heteroatoms. The average Bonchev–Trinajstić information content (AvgIpc) is 2.76. The minimum atomic E-state index is -0.617. The Morgan fingerprint density at radius 2 is 1.44 bits per heavy atom. The molecule has 16 heavy (non-hydrogen) atoms. The summed E-state index contributed by atoms with van der Waals surface area (Å²) in [5.41, 5.74) is 0. The summed E-state index contributed by atoms with van der Waals surface area (Å²) in [5, 5.41) is 0.903. The second-order valence-corrected chi connectivity index (χ2v) is 11.0. The predicted molar refractivity (Wildman–Crippen MR) is 80.3 cm³/mol. The van der Waals surface area contributed by atoms with Gasteiger partial charge in [0.05, 0.1) is 0 Å². The van der Waals surface area contributed by atoms with Crippen molar-refractivity contribution in [3.05, 3.63) is 0 Å². The van der Waals surface area contributed by atoms with Gasteiger partial charge >= 0.3 is 0 Å². The van der Waals surface area contributed by atoms with Gasteiger partial charge in [0.25, 0.3) is 0 Å². The van der Waals surface area contributed by atoms with Gasteiger partial charge in [-0.2, -0.15) is 0 Å². The quantitative estimate of drug-likeness (QED) is 0.726. The Bertz CT molecular complexity index is 300. The van der Waals surface area contributed by atoms with Crippen molar-refractivity contribution in [2.45, 2.75) is 23.3 Å². The summed E-state index contributed by atoms with van der Waals surface area (Å²) in [7, 11) is -1.23. The molecular weight excluding hydrogens is 300 g/mol. The van der Waals surface area contributed by atoms with Gasteiger partial charge in [0.2, 0.25) is 0 Å². The van der Waals surface area contributed by atoms with Gasteiger partial charge in [-0.3, -0.25) is 8.42 Å². The minimum absolute atomic E-state index is 0.452. The molecule has 0 aromatic carbocycles. The molecule has 0 aliphatic carbocycles. The van der Waals surface area contributed by atoms with Crippen molar-refractivity contribution >= 4 is 60.9 Å². The number of hydrogen-bond acceptors (Lipinski definition) is 5. The Balaban J connectivity index is 1.72. The van der Waals surface area contributed by atoms with Crippen LogP contribution >= 0.6 is 35.7 Å². The normalized spacial score (nSPS) is 39.0. The lowest BCUT2D eigenvalue weighted by atomic mass is 10.4. The predicted octanol–water partition coefficient (Wildman–Crippen LogP) is 1.78. The molecule has 2 heterocycles. The van der Waals surface area contributed by atoms with Crippen molar-refractivity contribution in [3.63, 3.8) is 0 Å². The summed E-state index contributed by atoms with van der Waals surface area (Å²) in [6.45, 7) is 0. The zero-order valence-corrected chi connectivity index (χ0v) is 12.8. The Labute approximate surface area is 115 Å². The maximum atomic E-state index is 11.2. The van der Waals surface area contributed by atoms with Crippen LogP contribution in [0.15, 0.2) is 0 Å². The molecule has 0 N–H and O–H groups in total. The van der Waals surface area contributed by atoms with Crippen LogP contribution in [0, 0.1) is 0 Å². The zero-order chi connectivity index (χ0) is 11.5. The van der Waals surface area contributed by atoms with E-state index in [9.17, 15) is 8.42 Å². The molecule has 2 aliphatic heterocycles. The van der Waals surface area contributed by atoms with Gasteiger partial charge in [0.1, 0.15) is 3.53 Å². The third-order valence-corrected chi connectivity index (χ3v) is 8.97. The lowest BCUT2D eigenvalue weighted by Gasteiger charge is -2.11. The Morgan fingerprint density at radius 3 is 1.75 bits per heavy atom. The fourth-order valence-corrected chi connectivity index (χ4v) is 8.97. The van der Waals surface area contributed by atoms with Gasteiger partial charge in [0.15, 0.2) is 0 Å². The molecule has 0 spiro atoms. The minimum Gasteiger partial charge on any atom is -0.260 e. The van der Waals surface area contributed by atoms with Gasteiger partial charge < -0.3 is 0 Å². The van der Waals surface area contributed by atoms with Gasteiger partial charge in [-0.1, -0.05) is 12.2 Å². The van der Waals surface area contributed by atoms with Crippen LogP contribution in [-0.2, 0) is 21.6 Å². The van der Waals surface area contributed by atoms with Crippen LogP contribution in [-0.4, -0.2) is 45.5 Å². The summed E-state index contributed by atoms with van der Waals surface area (Å²) < 4.78 is 23.4. The molecule has 2 aliphatic rings. The van der Waals surface area contributed by atoms with E-state index in [1.165, 1.54) is 0 Å². The highest BCUT2D eigenvalue weighted by molar-refractivity contribution is 8.47. The van der Waals surface area contributed by atoms with Crippen molar-refractivity contribution in [3.8, 4) is 0 Å². The van der Waals surface area contributed by atoms with Crippen molar-refractivity contribution in [2.75, 3.05) is 23.0 Å². The number of thioether (sulfide) groups is 2. The van der Waals surface area contributed by atoms with E-state index in [0.29, 0.717) is 10.5 Å². The molecule has 0 saturated carbocycles. The van der Waals surface area contributed by atoms with E-state index < -0.39 is 21.6 Å². The highest BCUT2D eigenvalue weighted by atomic mass is 32.2. The molecule has 4 atom stereocenters. The average molecular weight is 315 g/mol. The molecule has 0 unspecified atom stereocenters. The van der Waals surface area contributed by atoms with E-state index in [2.05, 4.69) is 0 Å². The SMILES string of the molecule is O=[S@@]1CC[C@H](SC(=S)S[C@H]2CC[S@@](=O)C2)C1. The summed E-state index contributed by atoms with van der Waals surface area (Å²) in [4.78, 5) is 0. The lowest BCUT2D eigenvalue weighted by Crippen LogP contribution is -2.08. The van der Waals surface area contributed by atoms with E-state index in [-0.39, 0.29) is 0 Å². The van der Waals surface area contributed by atoms with Gasteiger partial charge in [-0.05, 0) is 12.8 Å². The maximum absolute atomic E-state index is 11.2. The van der Waals surface area contributed by atoms with Crippen LogP contribution in [0.25, 0.3) is 0 Å². The number of rotatable bonds is 2. The monoisotopic (exact) mass is 314 g/mol. The van der Waals surface area contributed by atoms with Crippen LogP contribution in [0.2, 0.25) is 0 Å². The summed E-state index contributed by atoms with van der Waals surface area (Å²) >= 11 is 8.74. The maximum Gasteiger partial charge on any atom is 0.104 e. The van der Waals surface area contributed by atoms with Crippen molar-refractivity contribution < 1.29 is 8.42 Å². The molecule has 0 radical (unpaired) electrons. The zero-order valence-electron chi connectivity index (χ0n) is 8.76. The van der Waals surface area contributed by atoms with Gasteiger partial charge in [-0.25, -0.2) is 0 Å². The van der Waals surface area contributed by atoms with Crippen LogP contribution in [0.1, 0.15) is 12.8 Å². The second-order valence-electron chi connectivity index (χ2n) is 3.93. The Morgan fingerprint density at radius 1 is 1.00 bits per heavy atom. The van der Waals surface area contributed by atoms with Crippen LogP contribution in [0.4, 0.5) is 0 Å². The molecule has 0 aromatic heterocycles. The molecule has 92 valence electrons. The third-order valence-electron chi connectivity index (χ3n) is 2.60. The van der Waals surface area contributed by atoms with Crippen LogP contribution in [0.3, 0.4) is 0 Å². The first-order chi connectivity index (χ1) is 7.63. The Kier molecular flexibility index (Phi) is 5.33. The van der Waals surface area contributed by atoms with E-state index in [1.807, 2.05) is 0 Å². The van der Waals surface area contributed by atoms with Gasteiger partial charge in [-0.15, -0.1) is 23.5 Å². The molecule has 0 bridgehead atoms. The smallest absolute Gasteiger partial charge is 0.104 e. The summed E-state index contributed by atoms with van der Waals surface area (Å²) in [6, 6.07) is 0. The largest absolute Gasteiger partial charge is 0.260 e. The fraction of sp³-hybridized carbons (Fsp3) is 0.889. The standard InChI is InChI=1S/C9H14O2S5/c10-15-3-1-7(5-15)13-9(12)14-8-2-4-16(11)6-8/h7-8H,1-6H2/t7-,8-,15+,16+/m0/s1. The first-order valence-electron chi connectivity index (χ1n) is 5.20. The topological polar surface area (TPSA) is 34.1 Å². The van der Waals surface area contributed by atoms with Crippen molar-refractivity contribution in [1.29, 1.82) is 0 Å². The van der Waals surface area contributed by atoms with E-state index >= 15 is 0 Å². The molecule has 2 saturated heterocycles. The lowest BCUT2D eigenvalue weighted by molar-refractivity contribution is 0.686. The highest BCUT2D eigenvalue weighted by Gasteiger charge is 2.26. The molecular formula is C9H14O2S5. The summed E-state index contributed by atoms with van der Waals surface area (Å²) in [6.07, 6.45) is 2.04. The van der Waals surface area contributed by atoms with Gasteiger partial charge in [0, 0.05) is 55.1 Å². The van der Waals surface area contributed by atoms with Crippen molar-refractivity contribution in [2.24, 2.45) is 0 Å². The van der Waals surface area contributed by atoms with Crippen LogP contribution < -0.4 is 0 Å². The Hall–Kier alpha value is 1.09. The first-order valence-corrected chi connectivity index (χ1v) is 10.3. The molecule has 0 aromatic rings. The van der Waals surface area contributed by atoms with E-state index in [1.54, 1.807) is 23.5 Å². The summed E-state index contributed by atoms with van der Waals surface area (Å²) in [5.74, 6) is 3.25. The third kappa shape index (κ3) is 4.08. The van der Waals surface area contributed by atoms with E-state index in [4.69, 9.17) is 12.2 Å².